The standard InChI is InChI=1S/C12H18BrNOS/c1-2-3-4-5-8-16(15)12-9-10(13)6-7-11(12)14/h6-7,9H,2-5,8,14H2,1H3. The second-order valence-corrected chi connectivity index (χ2v) is 6.25. The van der Waals surface area contributed by atoms with Crippen molar-refractivity contribution >= 4 is 32.4 Å². The maximum Gasteiger partial charge on any atom is 0.0628 e. The lowest BCUT2D eigenvalue weighted by Gasteiger charge is -2.06. The van der Waals surface area contributed by atoms with Gasteiger partial charge in [-0.3, -0.25) is 4.21 Å². The first-order valence-electron chi connectivity index (χ1n) is 5.58. The molecule has 1 unspecified atom stereocenters. The monoisotopic (exact) mass is 303 g/mol. The van der Waals surface area contributed by atoms with E-state index in [1.165, 1.54) is 12.8 Å². The summed E-state index contributed by atoms with van der Waals surface area (Å²) in [5.74, 6) is 0.709. The van der Waals surface area contributed by atoms with Crippen LogP contribution >= 0.6 is 15.9 Å². The van der Waals surface area contributed by atoms with Crippen molar-refractivity contribution in [3.8, 4) is 0 Å². The lowest BCUT2D eigenvalue weighted by Crippen LogP contribution is -2.02. The van der Waals surface area contributed by atoms with Crippen molar-refractivity contribution in [1.29, 1.82) is 0 Å². The fraction of sp³-hybridized carbons (Fsp3) is 0.500. The first-order valence-corrected chi connectivity index (χ1v) is 7.69. The van der Waals surface area contributed by atoms with Crippen molar-refractivity contribution in [2.75, 3.05) is 11.5 Å². The minimum absolute atomic E-state index is 0.622. The Labute approximate surface area is 108 Å². The fourth-order valence-corrected chi connectivity index (χ4v) is 3.26. The van der Waals surface area contributed by atoms with E-state index in [-0.39, 0.29) is 0 Å². The largest absolute Gasteiger partial charge is 0.398 e. The number of hydrogen-bond acceptors (Lipinski definition) is 2. The molecule has 0 aliphatic heterocycles. The van der Waals surface area contributed by atoms with E-state index in [9.17, 15) is 4.21 Å². The molecule has 0 aromatic heterocycles. The lowest BCUT2D eigenvalue weighted by atomic mass is 10.2. The fourth-order valence-electron chi connectivity index (χ4n) is 1.48. The van der Waals surface area contributed by atoms with Gasteiger partial charge in [-0.1, -0.05) is 42.1 Å². The zero-order chi connectivity index (χ0) is 12.0. The van der Waals surface area contributed by atoms with E-state index in [2.05, 4.69) is 22.9 Å². The summed E-state index contributed by atoms with van der Waals surface area (Å²) >= 11 is 3.37. The molecule has 4 heteroatoms. The Morgan fingerprint density at radius 3 is 2.75 bits per heavy atom. The van der Waals surface area contributed by atoms with Gasteiger partial charge in [-0.05, 0) is 24.6 Å². The molecule has 0 heterocycles. The molecule has 2 N–H and O–H groups in total. The summed E-state index contributed by atoms with van der Waals surface area (Å²) in [7, 11) is -0.964. The van der Waals surface area contributed by atoms with Gasteiger partial charge in [0.05, 0.1) is 15.7 Å². The average Bonchev–Trinajstić information content (AvgIpc) is 2.27. The third kappa shape index (κ3) is 4.26. The molecule has 1 aromatic carbocycles. The second kappa shape index (κ2) is 7.07. The summed E-state index contributed by atoms with van der Waals surface area (Å²) in [4.78, 5) is 0.755. The Bertz CT molecular complexity index is 368. The first-order chi connectivity index (χ1) is 7.65. The lowest BCUT2D eigenvalue weighted by molar-refractivity contribution is 0.668. The molecule has 0 fully saturated rings. The van der Waals surface area contributed by atoms with Crippen LogP contribution in [0, 0.1) is 0 Å². The minimum Gasteiger partial charge on any atom is -0.398 e. The SMILES string of the molecule is CCCCCCS(=O)c1cc(Br)ccc1N. The number of hydrogen-bond donors (Lipinski definition) is 1. The molecule has 0 saturated carbocycles. The summed E-state index contributed by atoms with van der Waals surface area (Å²) in [5.41, 5.74) is 6.43. The molecule has 0 amide bonds. The Hall–Kier alpha value is -0.350. The third-order valence-electron chi connectivity index (χ3n) is 2.40. The van der Waals surface area contributed by atoms with Crippen LogP contribution in [0.4, 0.5) is 5.69 Å². The highest BCUT2D eigenvalue weighted by Gasteiger charge is 2.08. The number of anilines is 1. The second-order valence-electron chi connectivity index (χ2n) is 3.79. The number of halogens is 1. The number of rotatable bonds is 6. The first kappa shape index (κ1) is 13.7. The molecule has 0 radical (unpaired) electrons. The molecular weight excluding hydrogens is 286 g/mol. The molecule has 1 aromatic rings. The van der Waals surface area contributed by atoms with E-state index in [0.717, 1.165) is 22.2 Å². The highest BCUT2D eigenvalue weighted by atomic mass is 79.9. The van der Waals surface area contributed by atoms with Crippen LogP contribution in [0.3, 0.4) is 0 Å². The number of nitrogens with two attached hydrogens (primary N) is 1. The van der Waals surface area contributed by atoms with E-state index in [1.54, 1.807) is 6.07 Å². The van der Waals surface area contributed by atoms with Crippen molar-refractivity contribution in [3.05, 3.63) is 22.7 Å². The Balaban J connectivity index is 2.55. The van der Waals surface area contributed by atoms with Gasteiger partial charge in [0.25, 0.3) is 0 Å². The van der Waals surface area contributed by atoms with Crippen LogP contribution in [-0.4, -0.2) is 9.96 Å². The van der Waals surface area contributed by atoms with E-state index < -0.39 is 10.8 Å². The zero-order valence-corrected chi connectivity index (χ0v) is 11.9. The Morgan fingerprint density at radius 2 is 2.06 bits per heavy atom. The zero-order valence-electron chi connectivity index (χ0n) is 9.54. The molecule has 0 saturated heterocycles. The molecular formula is C12H18BrNOS. The molecule has 16 heavy (non-hydrogen) atoms. The number of benzene rings is 1. The van der Waals surface area contributed by atoms with Crippen molar-refractivity contribution in [3.63, 3.8) is 0 Å². The van der Waals surface area contributed by atoms with Gasteiger partial charge in [-0.25, -0.2) is 0 Å². The van der Waals surface area contributed by atoms with Crippen LogP contribution in [0.25, 0.3) is 0 Å². The van der Waals surface area contributed by atoms with Crippen molar-refractivity contribution < 1.29 is 4.21 Å². The van der Waals surface area contributed by atoms with Crippen molar-refractivity contribution in [1.82, 2.24) is 0 Å². The van der Waals surface area contributed by atoms with Gasteiger partial charge in [-0.2, -0.15) is 0 Å². The molecule has 1 rings (SSSR count). The molecule has 0 bridgehead atoms. The van der Waals surface area contributed by atoms with Crippen LogP contribution in [0.2, 0.25) is 0 Å². The van der Waals surface area contributed by atoms with E-state index in [4.69, 9.17) is 5.73 Å². The van der Waals surface area contributed by atoms with E-state index >= 15 is 0 Å². The minimum atomic E-state index is -0.964. The summed E-state index contributed by atoms with van der Waals surface area (Å²) in [6, 6.07) is 5.52. The van der Waals surface area contributed by atoms with E-state index in [1.807, 2.05) is 12.1 Å². The summed E-state index contributed by atoms with van der Waals surface area (Å²) < 4.78 is 12.9. The molecule has 2 nitrogen and oxygen atoms in total. The van der Waals surface area contributed by atoms with Crippen LogP contribution in [0.15, 0.2) is 27.6 Å². The van der Waals surface area contributed by atoms with Gasteiger partial charge in [-0.15, -0.1) is 0 Å². The van der Waals surface area contributed by atoms with Gasteiger partial charge in [0.15, 0.2) is 0 Å². The quantitative estimate of drug-likeness (QED) is 0.643. The topological polar surface area (TPSA) is 43.1 Å². The van der Waals surface area contributed by atoms with Crippen molar-refractivity contribution in [2.45, 2.75) is 37.5 Å². The summed E-state index contributed by atoms with van der Waals surface area (Å²) in [6.45, 7) is 2.17. The van der Waals surface area contributed by atoms with Crippen LogP contribution < -0.4 is 5.73 Å². The van der Waals surface area contributed by atoms with Crippen LogP contribution in [0.5, 0.6) is 0 Å². The maximum atomic E-state index is 12.0. The average molecular weight is 304 g/mol. The van der Waals surface area contributed by atoms with Gasteiger partial charge >= 0.3 is 0 Å². The molecule has 0 spiro atoms. The van der Waals surface area contributed by atoms with Gasteiger partial charge < -0.3 is 5.73 Å². The highest BCUT2D eigenvalue weighted by molar-refractivity contribution is 9.10. The molecule has 0 aliphatic carbocycles. The van der Waals surface area contributed by atoms with Crippen LogP contribution in [0.1, 0.15) is 32.6 Å². The Kier molecular flexibility index (Phi) is 6.06. The van der Waals surface area contributed by atoms with Gasteiger partial charge in [0, 0.05) is 15.9 Å². The highest BCUT2D eigenvalue weighted by Crippen LogP contribution is 2.22. The summed E-state index contributed by atoms with van der Waals surface area (Å²) in [6.07, 6.45) is 4.57. The number of nitrogen functional groups attached to an aromatic ring is 1. The maximum absolute atomic E-state index is 12.0. The third-order valence-corrected chi connectivity index (χ3v) is 4.40. The van der Waals surface area contributed by atoms with Crippen molar-refractivity contribution in [2.24, 2.45) is 0 Å². The molecule has 90 valence electrons. The van der Waals surface area contributed by atoms with E-state index in [0.29, 0.717) is 11.4 Å². The summed E-state index contributed by atoms with van der Waals surface area (Å²) in [5, 5.41) is 0. The van der Waals surface area contributed by atoms with Gasteiger partial charge in [0.1, 0.15) is 0 Å². The molecule has 0 aliphatic rings. The number of unbranched alkanes of at least 4 members (excludes halogenated alkanes) is 3. The normalized spacial score (nSPS) is 12.6. The smallest absolute Gasteiger partial charge is 0.0628 e. The van der Waals surface area contributed by atoms with Gasteiger partial charge in [0.2, 0.25) is 0 Å². The predicted octanol–water partition coefficient (Wildman–Crippen LogP) is 3.72. The van der Waals surface area contributed by atoms with Crippen LogP contribution in [-0.2, 0) is 10.8 Å². The predicted molar refractivity (Wildman–Crippen MR) is 74.0 cm³/mol. The molecule has 1 atom stereocenters. The Morgan fingerprint density at radius 1 is 1.31 bits per heavy atom.